The van der Waals surface area contributed by atoms with E-state index in [4.69, 9.17) is 0 Å². The molecule has 1 aliphatic carbocycles. The van der Waals surface area contributed by atoms with E-state index in [2.05, 4.69) is 39.8 Å². The second-order valence-corrected chi connectivity index (χ2v) is 7.14. The van der Waals surface area contributed by atoms with Crippen molar-refractivity contribution in [1.82, 2.24) is 15.5 Å². The highest BCUT2D eigenvalue weighted by atomic mass is 16.3. The van der Waals surface area contributed by atoms with Crippen molar-refractivity contribution in [3.8, 4) is 0 Å². The van der Waals surface area contributed by atoms with Crippen molar-refractivity contribution in [2.75, 3.05) is 26.2 Å². The summed E-state index contributed by atoms with van der Waals surface area (Å²) < 4.78 is 0. The number of amides is 2. The monoisotopic (exact) mass is 319 g/mol. The number of hydrogen-bond donors (Lipinski definition) is 3. The number of nitrogens with one attached hydrogen (secondary N) is 2. The minimum atomic E-state index is -0.237. The average Bonchev–Trinajstić information content (AvgIpc) is 2.88. The number of hydrogen-bond acceptors (Lipinski definition) is 3. The molecule has 0 spiro atoms. The van der Waals surface area contributed by atoms with Gasteiger partial charge in [0, 0.05) is 31.2 Å². The Balaban J connectivity index is 1.89. The summed E-state index contributed by atoms with van der Waals surface area (Å²) in [5.41, 5.74) is 2.53. The molecule has 2 rings (SSSR count). The topological polar surface area (TPSA) is 64.6 Å². The molecule has 0 bridgehead atoms. The number of aliphatic hydroxyl groups is 1. The van der Waals surface area contributed by atoms with Gasteiger partial charge < -0.3 is 15.7 Å². The Morgan fingerprint density at radius 2 is 2.04 bits per heavy atom. The van der Waals surface area contributed by atoms with Gasteiger partial charge in [-0.15, -0.1) is 0 Å². The number of aryl methyl sites for hydroxylation is 1. The van der Waals surface area contributed by atoms with Crippen molar-refractivity contribution in [1.29, 1.82) is 0 Å². The normalized spacial score (nSPS) is 17.2. The predicted octanol–water partition coefficient (Wildman–Crippen LogP) is 2.07. The van der Waals surface area contributed by atoms with Gasteiger partial charge in [-0.2, -0.15) is 0 Å². The summed E-state index contributed by atoms with van der Waals surface area (Å²) in [7, 11) is 0. The number of aliphatic hydroxyl groups excluding tert-OH is 1. The Labute approximate surface area is 139 Å². The molecule has 0 heterocycles. The second kappa shape index (κ2) is 7.79. The Hall–Kier alpha value is -1.59. The molecule has 3 N–H and O–H groups in total. The highest BCUT2D eigenvalue weighted by Gasteiger charge is 2.27. The van der Waals surface area contributed by atoms with Gasteiger partial charge in [0.25, 0.3) is 0 Å². The highest BCUT2D eigenvalue weighted by Crippen LogP contribution is 2.35. The fourth-order valence-corrected chi connectivity index (χ4v) is 3.16. The summed E-state index contributed by atoms with van der Waals surface area (Å²) >= 11 is 0. The van der Waals surface area contributed by atoms with E-state index in [1.165, 1.54) is 11.1 Å². The quantitative estimate of drug-likeness (QED) is 0.752. The molecule has 0 saturated heterocycles. The third kappa shape index (κ3) is 5.22. The molecule has 1 aromatic rings. The summed E-state index contributed by atoms with van der Waals surface area (Å²) in [6, 6.07) is 8.71. The SMILES string of the molecule is CC(C)(C)NC(=O)NCCN(CCO)C1CCc2ccccc21. The first kappa shape index (κ1) is 17.8. The Morgan fingerprint density at radius 1 is 1.30 bits per heavy atom. The molecular formula is C18H29N3O2. The van der Waals surface area contributed by atoms with Crippen LogP contribution in [0.1, 0.15) is 44.4 Å². The highest BCUT2D eigenvalue weighted by molar-refractivity contribution is 5.74. The van der Waals surface area contributed by atoms with Crippen LogP contribution in [0.5, 0.6) is 0 Å². The van der Waals surface area contributed by atoms with Gasteiger partial charge in [0.05, 0.1) is 6.61 Å². The van der Waals surface area contributed by atoms with Crippen LogP contribution in [0.4, 0.5) is 4.79 Å². The van der Waals surface area contributed by atoms with Crippen LogP contribution in [0.15, 0.2) is 24.3 Å². The number of nitrogens with zero attached hydrogens (tertiary/aromatic N) is 1. The van der Waals surface area contributed by atoms with E-state index in [1.807, 2.05) is 20.8 Å². The second-order valence-electron chi connectivity index (χ2n) is 7.14. The lowest BCUT2D eigenvalue weighted by molar-refractivity contribution is 0.150. The standard InChI is InChI=1S/C18H29N3O2/c1-18(2,3)20-17(23)19-10-11-21(12-13-22)16-9-8-14-6-4-5-7-15(14)16/h4-7,16,22H,8-13H2,1-3H3,(H2,19,20,23). The maximum atomic E-state index is 11.8. The van der Waals surface area contributed by atoms with Gasteiger partial charge in [-0.05, 0) is 44.7 Å². The molecule has 0 aromatic heterocycles. The van der Waals surface area contributed by atoms with Gasteiger partial charge in [-0.3, -0.25) is 4.90 Å². The van der Waals surface area contributed by atoms with Crippen LogP contribution < -0.4 is 10.6 Å². The number of benzene rings is 1. The van der Waals surface area contributed by atoms with Crippen LogP contribution in [0.2, 0.25) is 0 Å². The first-order chi connectivity index (χ1) is 10.9. The fourth-order valence-electron chi connectivity index (χ4n) is 3.16. The number of carbonyl (C=O) groups is 1. The molecular weight excluding hydrogens is 290 g/mol. The molecule has 1 aliphatic rings. The first-order valence-electron chi connectivity index (χ1n) is 8.39. The number of carbonyl (C=O) groups excluding carboxylic acids is 1. The van der Waals surface area contributed by atoms with E-state index in [1.54, 1.807) is 0 Å². The van der Waals surface area contributed by atoms with Crippen LogP contribution in [0, 0.1) is 0 Å². The lowest BCUT2D eigenvalue weighted by Crippen LogP contribution is -2.48. The van der Waals surface area contributed by atoms with E-state index < -0.39 is 0 Å². The van der Waals surface area contributed by atoms with Crippen LogP contribution in [-0.2, 0) is 6.42 Å². The van der Waals surface area contributed by atoms with Gasteiger partial charge in [0.15, 0.2) is 0 Å². The van der Waals surface area contributed by atoms with Gasteiger partial charge in [0.1, 0.15) is 0 Å². The maximum absolute atomic E-state index is 11.8. The molecule has 5 heteroatoms. The third-order valence-electron chi connectivity index (χ3n) is 4.10. The minimum absolute atomic E-state index is 0.132. The lowest BCUT2D eigenvalue weighted by Gasteiger charge is -2.29. The average molecular weight is 319 g/mol. The van der Waals surface area contributed by atoms with Gasteiger partial charge in [0.2, 0.25) is 0 Å². The van der Waals surface area contributed by atoms with Crippen LogP contribution in [0.25, 0.3) is 0 Å². The van der Waals surface area contributed by atoms with Gasteiger partial charge >= 0.3 is 6.03 Å². The van der Waals surface area contributed by atoms with Crippen molar-refractivity contribution in [3.63, 3.8) is 0 Å². The van der Waals surface area contributed by atoms with E-state index in [9.17, 15) is 9.90 Å². The summed E-state index contributed by atoms with van der Waals surface area (Å²) in [4.78, 5) is 14.1. The predicted molar refractivity (Wildman–Crippen MR) is 92.5 cm³/mol. The molecule has 1 atom stereocenters. The smallest absolute Gasteiger partial charge is 0.315 e. The van der Waals surface area contributed by atoms with E-state index in [0.29, 0.717) is 19.1 Å². The number of fused-ring (bicyclic) bond motifs is 1. The Bertz CT molecular complexity index is 525. The summed E-state index contributed by atoms with van der Waals surface area (Å²) in [6.45, 7) is 7.94. The zero-order valence-electron chi connectivity index (χ0n) is 14.4. The van der Waals surface area contributed by atoms with Crippen molar-refractivity contribution in [3.05, 3.63) is 35.4 Å². The van der Waals surface area contributed by atoms with Crippen molar-refractivity contribution >= 4 is 6.03 Å². The number of rotatable bonds is 6. The zero-order valence-corrected chi connectivity index (χ0v) is 14.4. The molecule has 1 unspecified atom stereocenters. The molecule has 0 radical (unpaired) electrons. The molecule has 2 amide bonds. The summed E-state index contributed by atoms with van der Waals surface area (Å²) in [5, 5.41) is 15.2. The Morgan fingerprint density at radius 3 is 2.74 bits per heavy atom. The third-order valence-corrected chi connectivity index (χ3v) is 4.10. The fraction of sp³-hybridized carbons (Fsp3) is 0.611. The summed E-state index contributed by atoms with van der Waals surface area (Å²) in [6.07, 6.45) is 2.16. The molecule has 5 nitrogen and oxygen atoms in total. The molecule has 0 saturated carbocycles. The van der Waals surface area contributed by atoms with Gasteiger partial charge in [-0.1, -0.05) is 24.3 Å². The van der Waals surface area contributed by atoms with Crippen molar-refractivity contribution in [2.24, 2.45) is 0 Å². The van der Waals surface area contributed by atoms with Crippen LogP contribution in [0.3, 0.4) is 0 Å². The number of urea groups is 1. The minimum Gasteiger partial charge on any atom is -0.395 e. The summed E-state index contributed by atoms with van der Waals surface area (Å²) in [5.74, 6) is 0. The largest absolute Gasteiger partial charge is 0.395 e. The maximum Gasteiger partial charge on any atom is 0.315 e. The zero-order chi connectivity index (χ0) is 16.9. The molecule has 1 aromatic carbocycles. The van der Waals surface area contributed by atoms with Crippen LogP contribution in [-0.4, -0.2) is 47.8 Å². The van der Waals surface area contributed by atoms with Crippen molar-refractivity contribution in [2.45, 2.75) is 45.2 Å². The van der Waals surface area contributed by atoms with Crippen LogP contribution >= 0.6 is 0 Å². The molecule has 0 fully saturated rings. The molecule has 128 valence electrons. The van der Waals surface area contributed by atoms with E-state index >= 15 is 0 Å². The lowest BCUT2D eigenvalue weighted by atomic mass is 10.1. The first-order valence-corrected chi connectivity index (χ1v) is 8.39. The molecule has 23 heavy (non-hydrogen) atoms. The Kier molecular flexibility index (Phi) is 6.02. The molecule has 0 aliphatic heterocycles. The van der Waals surface area contributed by atoms with Gasteiger partial charge in [-0.25, -0.2) is 4.79 Å². The van der Waals surface area contributed by atoms with E-state index in [-0.39, 0.29) is 18.2 Å². The van der Waals surface area contributed by atoms with E-state index in [0.717, 1.165) is 19.4 Å². The van der Waals surface area contributed by atoms with Crippen molar-refractivity contribution < 1.29 is 9.90 Å².